The van der Waals surface area contributed by atoms with Crippen LogP contribution in [0.25, 0.3) is 0 Å². The molecule has 0 aliphatic carbocycles. The number of benzene rings is 1. The lowest BCUT2D eigenvalue weighted by Gasteiger charge is -2.37. The number of nitrogens with zero attached hydrogens (tertiary/aromatic N) is 1. The molecule has 1 aliphatic rings. The van der Waals surface area contributed by atoms with Crippen LogP contribution < -0.4 is 10.1 Å². The van der Waals surface area contributed by atoms with Crippen LogP contribution in [0.15, 0.2) is 24.3 Å². The van der Waals surface area contributed by atoms with Gasteiger partial charge in [-0.2, -0.15) is 13.2 Å². The second-order valence-corrected chi connectivity index (χ2v) is 6.65. The van der Waals surface area contributed by atoms with Gasteiger partial charge < -0.3 is 14.8 Å². The number of halogens is 3. The van der Waals surface area contributed by atoms with Gasteiger partial charge in [0.05, 0.1) is 18.8 Å². The van der Waals surface area contributed by atoms with Gasteiger partial charge in [-0.05, 0) is 31.5 Å². The lowest BCUT2D eigenvalue weighted by Crippen LogP contribution is -2.51. The van der Waals surface area contributed by atoms with Gasteiger partial charge in [-0.1, -0.05) is 12.1 Å². The SMILES string of the molecule is CC1(C)CN(CC(=O)NCc2cccc(OCC(F)(F)F)c2)CCO1. The van der Waals surface area contributed by atoms with Gasteiger partial charge in [-0.15, -0.1) is 0 Å². The highest BCUT2D eigenvalue weighted by Gasteiger charge is 2.29. The molecule has 0 aromatic heterocycles. The van der Waals surface area contributed by atoms with Gasteiger partial charge in [0.15, 0.2) is 6.61 Å². The third-order valence-electron chi connectivity index (χ3n) is 3.66. The summed E-state index contributed by atoms with van der Waals surface area (Å²) in [4.78, 5) is 14.1. The van der Waals surface area contributed by atoms with Crippen LogP contribution in [-0.4, -0.2) is 55.4 Å². The summed E-state index contributed by atoms with van der Waals surface area (Å²) in [6.07, 6.45) is -4.38. The summed E-state index contributed by atoms with van der Waals surface area (Å²) in [5, 5.41) is 2.77. The zero-order valence-electron chi connectivity index (χ0n) is 14.4. The van der Waals surface area contributed by atoms with E-state index in [2.05, 4.69) is 5.32 Å². The molecular formula is C17H23F3N2O3. The summed E-state index contributed by atoms with van der Waals surface area (Å²) < 4.78 is 46.8. The van der Waals surface area contributed by atoms with E-state index >= 15 is 0 Å². The number of carbonyl (C=O) groups excluding carboxylic acids is 1. The summed E-state index contributed by atoms with van der Waals surface area (Å²) in [5.74, 6) is -0.0154. The fourth-order valence-electron chi connectivity index (χ4n) is 2.62. The molecule has 1 heterocycles. The van der Waals surface area contributed by atoms with Gasteiger partial charge in [0.1, 0.15) is 5.75 Å². The Morgan fingerprint density at radius 3 is 2.84 bits per heavy atom. The molecule has 0 bridgehead atoms. The monoisotopic (exact) mass is 360 g/mol. The predicted molar refractivity (Wildman–Crippen MR) is 86.3 cm³/mol. The van der Waals surface area contributed by atoms with Crippen LogP contribution in [-0.2, 0) is 16.1 Å². The Kier molecular flexibility index (Phi) is 6.29. The topological polar surface area (TPSA) is 50.8 Å². The average molecular weight is 360 g/mol. The second kappa shape index (κ2) is 8.05. The molecule has 1 amide bonds. The van der Waals surface area contributed by atoms with Crippen LogP contribution in [0.1, 0.15) is 19.4 Å². The van der Waals surface area contributed by atoms with Crippen molar-refractivity contribution < 1.29 is 27.4 Å². The molecule has 1 fully saturated rings. The Bertz CT molecular complexity index is 591. The van der Waals surface area contributed by atoms with E-state index in [1.807, 2.05) is 18.7 Å². The standard InChI is InChI=1S/C17H23F3N2O3/c1-16(2)11-22(6-7-25-16)10-15(23)21-9-13-4-3-5-14(8-13)24-12-17(18,19)20/h3-5,8H,6-7,9-12H2,1-2H3,(H,21,23). The van der Waals surface area contributed by atoms with E-state index in [4.69, 9.17) is 9.47 Å². The molecule has 2 rings (SSSR count). The molecule has 8 heteroatoms. The Balaban J connectivity index is 1.79. The molecule has 0 radical (unpaired) electrons. The largest absolute Gasteiger partial charge is 0.484 e. The van der Waals surface area contributed by atoms with Gasteiger partial charge in [-0.3, -0.25) is 9.69 Å². The molecule has 1 saturated heterocycles. The van der Waals surface area contributed by atoms with Crippen LogP contribution in [0.4, 0.5) is 13.2 Å². The normalized spacial score (nSPS) is 18.0. The molecule has 140 valence electrons. The van der Waals surface area contributed by atoms with Crippen molar-refractivity contribution in [3.63, 3.8) is 0 Å². The Morgan fingerprint density at radius 1 is 1.40 bits per heavy atom. The van der Waals surface area contributed by atoms with Crippen molar-refractivity contribution in [1.29, 1.82) is 0 Å². The van der Waals surface area contributed by atoms with Crippen molar-refractivity contribution in [2.24, 2.45) is 0 Å². The molecular weight excluding hydrogens is 337 g/mol. The summed E-state index contributed by atoms with van der Waals surface area (Å²) in [5.41, 5.74) is 0.401. The summed E-state index contributed by atoms with van der Waals surface area (Å²) in [7, 11) is 0. The first kappa shape index (κ1) is 19.5. The number of alkyl halides is 3. The van der Waals surface area contributed by atoms with E-state index in [-0.39, 0.29) is 30.3 Å². The smallest absolute Gasteiger partial charge is 0.422 e. The molecule has 0 spiro atoms. The first-order valence-electron chi connectivity index (χ1n) is 8.04. The Hall–Kier alpha value is -1.80. The third kappa shape index (κ3) is 7.31. The third-order valence-corrected chi connectivity index (χ3v) is 3.66. The number of ether oxygens (including phenoxy) is 2. The van der Waals surface area contributed by atoms with Gasteiger partial charge in [-0.25, -0.2) is 0 Å². The lowest BCUT2D eigenvalue weighted by molar-refractivity contribution is -0.153. The van der Waals surface area contributed by atoms with E-state index in [0.717, 1.165) is 0 Å². The van der Waals surface area contributed by atoms with Crippen molar-refractivity contribution in [3.05, 3.63) is 29.8 Å². The second-order valence-electron chi connectivity index (χ2n) is 6.65. The minimum absolute atomic E-state index is 0.124. The Labute approximate surface area is 145 Å². The molecule has 1 N–H and O–H groups in total. The van der Waals surface area contributed by atoms with Crippen molar-refractivity contribution in [2.45, 2.75) is 32.2 Å². The lowest BCUT2D eigenvalue weighted by atomic mass is 10.1. The zero-order chi connectivity index (χ0) is 18.5. The predicted octanol–water partition coefficient (Wildman–Crippen LogP) is 2.35. The number of morpholine rings is 1. The minimum atomic E-state index is -4.38. The van der Waals surface area contributed by atoms with Crippen LogP contribution in [0.2, 0.25) is 0 Å². The molecule has 1 aromatic carbocycles. The fourth-order valence-corrected chi connectivity index (χ4v) is 2.62. The van der Waals surface area contributed by atoms with Crippen molar-refractivity contribution in [3.8, 4) is 5.75 Å². The van der Waals surface area contributed by atoms with Crippen molar-refractivity contribution in [1.82, 2.24) is 10.2 Å². The van der Waals surface area contributed by atoms with E-state index in [9.17, 15) is 18.0 Å². The van der Waals surface area contributed by atoms with E-state index in [1.165, 1.54) is 12.1 Å². The first-order chi connectivity index (χ1) is 11.6. The van der Waals surface area contributed by atoms with Gasteiger partial charge in [0.2, 0.25) is 5.91 Å². The quantitative estimate of drug-likeness (QED) is 0.846. The first-order valence-corrected chi connectivity index (χ1v) is 8.04. The minimum Gasteiger partial charge on any atom is -0.484 e. The molecule has 0 unspecified atom stereocenters. The number of hydrogen-bond acceptors (Lipinski definition) is 4. The summed E-state index contributed by atoms with van der Waals surface area (Å²) >= 11 is 0. The molecule has 0 saturated carbocycles. The van der Waals surface area contributed by atoms with Crippen LogP contribution in [0.5, 0.6) is 5.75 Å². The Morgan fingerprint density at radius 2 is 2.16 bits per heavy atom. The molecule has 1 aliphatic heterocycles. The maximum atomic E-state index is 12.2. The molecule has 25 heavy (non-hydrogen) atoms. The average Bonchev–Trinajstić information content (AvgIpc) is 2.50. The van der Waals surface area contributed by atoms with Crippen LogP contribution >= 0.6 is 0 Å². The van der Waals surface area contributed by atoms with Gasteiger partial charge >= 0.3 is 6.18 Å². The molecule has 0 atom stereocenters. The van der Waals surface area contributed by atoms with Gasteiger partial charge in [0, 0.05) is 19.6 Å². The van der Waals surface area contributed by atoms with E-state index < -0.39 is 12.8 Å². The highest BCUT2D eigenvalue weighted by molar-refractivity contribution is 5.78. The maximum absolute atomic E-state index is 12.2. The molecule has 1 aromatic rings. The number of nitrogens with one attached hydrogen (secondary N) is 1. The van der Waals surface area contributed by atoms with Gasteiger partial charge in [0.25, 0.3) is 0 Å². The highest BCUT2D eigenvalue weighted by atomic mass is 19.4. The number of rotatable bonds is 6. The highest BCUT2D eigenvalue weighted by Crippen LogP contribution is 2.19. The zero-order valence-corrected chi connectivity index (χ0v) is 14.4. The van der Waals surface area contributed by atoms with Crippen LogP contribution in [0.3, 0.4) is 0 Å². The van der Waals surface area contributed by atoms with Crippen molar-refractivity contribution in [2.75, 3.05) is 32.8 Å². The maximum Gasteiger partial charge on any atom is 0.422 e. The van der Waals surface area contributed by atoms with Crippen LogP contribution in [0, 0.1) is 0 Å². The fraction of sp³-hybridized carbons (Fsp3) is 0.588. The number of carbonyl (C=O) groups is 1. The van der Waals surface area contributed by atoms with Crippen molar-refractivity contribution >= 4 is 5.91 Å². The number of amides is 1. The molecule has 5 nitrogen and oxygen atoms in total. The van der Waals surface area contributed by atoms with E-state index in [0.29, 0.717) is 25.3 Å². The summed E-state index contributed by atoms with van der Waals surface area (Å²) in [6, 6.07) is 6.26. The van der Waals surface area contributed by atoms with E-state index in [1.54, 1.807) is 12.1 Å². The number of hydrogen-bond donors (Lipinski definition) is 1. The summed E-state index contributed by atoms with van der Waals surface area (Å²) in [6.45, 7) is 5.05.